The Morgan fingerprint density at radius 3 is 2.43 bits per heavy atom. The van der Waals surface area contributed by atoms with Crippen LogP contribution in [0.15, 0.2) is 87.5 Å². The average molecular weight is 534 g/mol. The van der Waals surface area contributed by atoms with Gasteiger partial charge in [-0.1, -0.05) is 46.3 Å². The number of hydrogen-bond donors (Lipinski definition) is 3. The number of nitrogens with one attached hydrogen (secondary N) is 2. The van der Waals surface area contributed by atoms with Crippen LogP contribution in [0, 0.1) is 6.92 Å². The molecule has 0 saturated heterocycles. The molecule has 10 heteroatoms. The quantitative estimate of drug-likeness (QED) is 0.237. The number of rotatable bonds is 5. The van der Waals surface area contributed by atoms with Crippen molar-refractivity contribution in [3.63, 3.8) is 0 Å². The number of benzene rings is 3. The number of carbonyl (C=O) groups is 3. The molecule has 3 N–H and O–H groups in total. The van der Waals surface area contributed by atoms with Crippen molar-refractivity contribution in [3.05, 3.63) is 82.8 Å². The largest absolute Gasteiger partial charge is 0.493 e. The summed E-state index contributed by atoms with van der Waals surface area (Å²) in [5.74, 6) is -2.83. The van der Waals surface area contributed by atoms with Crippen molar-refractivity contribution in [1.82, 2.24) is 4.57 Å². The van der Waals surface area contributed by atoms with Gasteiger partial charge in [-0.25, -0.2) is 0 Å². The van der Waals surface area contributed by atoms with E-state index in [0.29, 0.717) is 22.3 Å². The summed E-state index contributed by atoms with van der Waals surface area (Å²) < 4.78 is 2.18. The highest BCUT2D eigenvalue weighted by atomic mass is 79.9. The maximum atomic E-state index is 12.6. The number of para-hydroxylation sites is 1. The lowest BCUT2D eigenvalue weighted by molar-refractivity contribution is -0.134. The molecule has 0 aliphatic carbocycles. The number of anilines is 2. The Balaban J connectivity index is 1.54. The summed E-state index contributed by atoms with van der Waals surface area (Å²) in [6, 6.07) is 20.8. The van der Waals surface area contributed by atoms with Crippen LogP contribution in [0.2, 0.25) is 0 Å². The summed E-state index contributed by atoms with van der Waals surface area (Å²) >= 11 is 3.29. The first-order valence-electron chi connectivity index (χ1n) is 10.5. The van der Waals surface area contributed by atoms with Crippen LogP contribution in [-0.4, -0.2) is 27.4 Å². The molecule has 0 aliphatic heterocycles. The van der Waals surface area contributed by atoms with Gasteiger partial charge in [-0.3, -0.25) is 14.4 Å². The third-order valence-corrected chi connectivity index (χ3v) is 5.59. The molecule has 0 bridgehead atoms. The minimum atomic E-state index is -1.14. The van der Waals surface area contributed by atoms with Gasteiger partial charge in [0, 0.05) is 21.2 Å². The summed E-state index contributed by atoms with van der Waals surface area (Å²) in [4.78, 5) is 37.0. The van der Waals surface area contributed by atoms with E-state index in [2.05, 4.69) is 36.8 Å². The van der Waals surface area contributed by atoms with E-state index in [-0.39, 0.29) is 24.0 Å². The van der Waals surface area contributed by atoms with Crippen LogP contribution in [0.1, 0.15) is 5.56 Å². The number of azo groups is 1. The number of amides is 3. The summed E-state index contributed by atoms with van der Waals surface area (Å²) in [6.07, 6.45) is 0. The van der Waals surface area contributed by atoms with Crippen molar-refractivity contribution in [3.8, 4) is 5.88 Å². The SMILES string of the molecule is Cc1cccc(NC(=O)Cn2c(O)c(N=NC(=O)C(=O)Nc3ccc(Br)cc3)c3ccccc32)c1. The maximum Gasteiger partial charge on any atom is 0.353 e. The number of carbonyl (C=O) groups excluding carboxylic acids is 3. The zero-order chi connectivity index (χ0) is 24.9. The molecule has 176 valence electrons. The van der Waals surface area contributed by atoms with Gasteiger partial charge in [0.1, 0.15) is 6.54 Å². The summed E-state index contributed by atoms with van der Waals surface area (Å²) in [5.41, 5.74) is 2.54. The molecule has 0 saturated carbocycles. The highest BCUT2D eigenvalue weighted by Crippen LogP contribution is 2.38. The highest BCUT2D eigenvalue weighted by molar-refractivity contribution is 9.10. The number of halogens is 1. The second-order valence-corrected chi connectivity index (χ2v) is 8.58. The fourth-order valence-electron chi connectivity index (χ4n) is 3.46. The van der Waals surface area contributed by atoms with E-state index in [1.807, 2.05) is 25.1 Å². The minimum Gasteiger partial charge on any atom is -0.493 e. The van der Waals surface area contributed by atoms with Crippen LogP contribution >= 0.6 is 15.9 Å². The zero-order valence-electron chi connectivity index (χ0n) is 18.5. The lowest BCUT2D eigenvalue weighted by atomic mass is 10.2. The zero-order valence-corrected chi connectivity index (χ0v) is 20.1. The van der Waals surface area contributed by atoms with Gasteiger partial charge in [0.05, 0.1) is 5.52 Å². The summed E-state index contributed by atoms with van der Waals surface area (Å²) in [5, 5.41) is 23.8. The molecule has 35 heavy (non-hydrogen) atoms. The number of aryl methyl sites for hydroxylation is 1. The Kier molecular flexibility index (Phi) is 7.02. The van der Waals surface area contributed by atoms with E-state index in [0.717, 1.165) is 10.0 Å². The Bertz CT molecular complexity index is 1460. The lowest BCUT2D eigenvalue weighted by Gasteiger charge is -2.09. The molecule has 9 nitrogen and oxygen atoms in total. The summed E-state index contributed by atoms with van der Waals surface area (Å²) in [6.45, 7) is 1.71. The third kappa shape index (κ3) is 5.61. The second kappa shape index (κ2) is 10.3. The van der Waals surface area contributed by atoms with Gasteiger partial charge >= 0.3 is 11.8 Å². The molecule has 4 rings (SSSR count). The van der Waals surface area contributed by atoms with Gasteiger partial charge in [-0.15, -0.1) is 10.2 Å². The third-order valence-electron chi connectivity index (χ3n) is 5.06. The normalized spacial score (nSPS) is 11.0. The van der Waals surface area contributed by atoms with Gasteiger partial charge in [-0.2, -0.15) is 0 Å². The topological polar surface area (TPSA) is 125 Å². The molecular weight excluding hydrogens is 514 g/mol. The smallest absolute Gasteiger partial charge is 0.353 e. The van der Waals surface area contributed by atoms with Crippen molar-refractivity contribution >= 4 is 61.6 Å². The fourth-order valence-corrected chi connectivity index (χ4v) is 3.72. The first-order chi connectivity index (χ1) is 16.8. The molecule has 0 radical (unpaired) electrons. The highest BCUT2D eigenvalue weighted by Gasteiger charge is 2.20. The van der Waals surface area contributed by atoms with E-state index >= 15 is 0 Å². The molecule has 0 atom stereocenters. The van der Waals surface area contributed by atoms with Crippen LogP contribution in [0.5, 0.6) is 5.88 Å². The van der Waals surface area contributed by atoms with Gasteiger partial charge in [0.25, 0.3) is 0 Å². The van der Waals surface area contributed by atoms with Crippen molar-refractivity contribution in [2.75, 3.05) is 10.6 Å². The fraction of sp³-hybridized carbons (Fsp3) is 0.0800. The van der Waals surface area contributed by atoms with Crippen molar-refractivity contribution < 1.29 is 19.5 Å². The average Bonchev–Trinajstić information content (AvgIpc) is 3.09. The van der Waals surface area contributed by atoms with E-state index in [1.54, 1.807) is 54.6 Å². The number of fused-ring (bicyclic) bond motifs is 1. The number of aromatic nitrogens is 1. The molecular formula is C25H20BrN5O4. The van der Waals surface area contributed by atoms with Crippen LogP contribution in [0.4, 0.5) is 17.1 Å². The molecule has 3 aromatic carbocycles. The van der Waals surface area contributed by atoms with Gasteiger partial charge in [-0.05, 0) is 55.0 Å². The van der Waals surface area contributed by atoms with E-state index in [4.69, 9.17) is 0 Å². The van der Waals surface area contributed by atoms with Gasteiger partial charge in [0.2, 0.25) is 11.8 Å². The molecule has 0 aliphatic rings. The van der Waals surface area contributed by atoms with Crippen LogP contribution in [-0.2, 0) is 20.9 Å². The van der Waals surface area contributed by atoms with Crippen LogP contribution < -0.4 is 10.6 Å². The van der Waals surface area contributed by atoms with Crippen molar-refractivity contribution in [2.45, 2.75) is 13.5 Å². The molecule has 3 amide bonds. The van der Waals surface area contributed by atoms with Crippen LogP contribution in [0.25, 0.3) is 10.9 Å². The Labute approximate surface area is 208 Å². The predicted octanol–water partition coefficient (Wildman–Crippen LogP) is 5.31. The van der Waals surface area contributed by atoms with Gasteiger partial charge in [0.15, 0.2) is 5.69 Å². The van der Waals surface area contributed by atoms with Crippen molar-refractivity contribution in [1.29, 1.82) is 0 Å². The molecule has 1 aromatic heterocycles. The maximum absolute atomic E-state index is 12.6. The first kappa shape index (κ1) is 23.8. The number of aromatic hydroxyl groups is 1. The Hall–Kier alpha value is -4.31. The predicted molar refractivity (Wildman–Crippen MR) is 136 cm³/mol. The second-order valence-electron chi connectivity index (χ2n) is 7.66. The molecule has 0 fully saturated rings. The van der Waals surface area contributed by atoms with Crippen LogP contribution in [0.3, 0.4) is 0 Å². The molecule has 0 unspecified atom stereocenters. The minimum absolute atomic E-state index is 0.0197. The first-order valence-corrected chi connectivity index (χ1v) is 11.3. The van der Waals surface area contributed by atoms with Crippen molar-refractivity contribution in [2.24, 2.45) is 10.2 Å². The number of hydrogen-bond acceptors (Lipinski definition) is 5. The Morgan fingerprint density at radius 1 is 0.943 bits per heavy atom. The van der Waals surface area contributed by atoms with E-state index < -0.39 is 11.8 Å². The Morgan fingerprint density at radius 2 is 1.69 bits per heavy atom. The molecule has 0 spiro atoms. The van der Waals surface area contributed by atoms with E-state index in [9.17, 15) is 19.5 Å². The monoisotopic (exact) mass is 533 g/mol. The summed E-state index contributed by atoms with van der Waals surface area (Å²) in [7, 11) is 0. The lowest BCUT2D eigenvalue weighted by Crippen LogP contribution is -2.20. The van der Waals surface area contributed by atoms with E-state index in [1.165, 1.54) is 4.57 Å². The van der Waals surface area contributed by atoms with Gasteiger partial charge < -0.3 is 20.3 Å². The number of nitrogens with zero attached hydrogens (tertiary/aromatic N) is 3. The molecule has 4 aromatic rings. The standard InChI is InChI=1S/C25H20BrN5O4/c1-15-5-4-6-18(13-15)27-21(32)14-31-20-8-3-2-7-19(20)22(25(31)35)29-30-24(34)23(33)28-17-11-9-16(26)10-12-17/h2-13,35H,14H2,1H3,(H,27,32)(H,28,33). The molecule has 1 heterocycles.